The average molecular weight is 212 g/mol. The Morgan fingerprint density at radius 2 is 1.93 bits per heavy atom. The topological polar surface area (TPSA) is 29.0 Å². The molecule has 0 aromatic carbocycles. The number of piperidine rings is 1. The summed E-state index contributed by atoms with van der Waals surface area (Å²) in [5.74, 6) is 1.42. The van der Waals surface area contributed by atoms with Gasteiger partial charge < -0.3 is 4.90 Å². The van der Waals surface area contributed by atoms with Gasteiger partial charge in [0.05, 0.1) is 24.0 Å². The molecule has 2 rings (SSSR count). The molecule has 3 nitrogen and oxygen atoms in total. The van der Waals surface area contributed by atoms with Gasteiger partial charge in [-0.2, -0.15) is 0 Å². The van der Waals surface area contributed by atoms with Gasteiger partial charge in [-0.05, 0) is 19.3 Å². The van der Waals surface area contributed by atoms with Crippen LogP contribution in [0.15, 0.2) is 12.4 Å². The molecule has 1 aromatic heterocycles. The van der Waals surface area contributed by atoms with Crippen molar-refractivity contribution in [3.63, 3.8) is 0 Å². The number of alkyl halides is 1. The van der Waals surface area contributed by atoms with Gasteiger partial charge in [0.15, 0.2) is 0 Å². The van der Waals surface area contributed by atoms with Crippen molar-refractivity contribution in [1.82, 2.24) is 9.97 Å². The van der Waals surface area contributed by atoms with Gasteiger partial charge in [-0.25, -0.2) is 4.98 Å². The first-order valence-corrected chi connectivity index (χ1v) is 5.55. The summed E-state index contributed by atoms with van der Waals surface area (Å²) in [6.45, 7) is 2.21. The SMILES string of the molecule is ClCc1cnc(N2CCCCC2)cn1. The van der Waals surface area contributed by atoms with Crippen molar-refractivity contribution in [3.05, 3.63) is 18.1 Å². The predicted molar refractivity (Wildman–Crippen MR) is 57.7 cm³/mol. The number of rotatable bonds is 2. The first kappa shape index (κ1) is 9.71. The minimum absolute atomic E-state index is 0.438. The molecule has 1 fully saturated rings. The van der Waals surface area contributed by atoms with Crippen LogP contribution in [-0.4, -0.2) is 23.1 Å². The first-order chi connectivity index (χ1) is 6.90. The molecule has 1 aromatic rings. The highest BCUT2D eigenvalue weighted by Crippen LogP contribution is 2.16. The lowest BCUT2D eigenvalue weighted by molar-refractivity contribution is 0.572. The Bertz CT molecular complexity index is 280. The molecule has 0 radical (unpaired) electrons. The molecule has 0 atom stereocenters. The maximum atomic E-state index is 5.65. The molecule has 0 N–H and O–H groups in total. The van der Waals surface area contributed by atoms with E-state index in [-0.39, 0.29) is 0 Å². The Morgan fingerprint density at radius 1 is 1.14 bits per heavy atom. The van der Waals surface area contributed by atoms with Gasteiger partial charge in [-0.15, -0.1) is 11.6 Å². The minimum Gasteiger partial charge on any atom is -0.355 e. The van der Waals surface area contributed by atoms with Gasteiger partial charge in [-0.3, -0.25) is 4.98 Å². The number of hydrogen-bond acceptors (Lipinski definition) is 3. The van der Waals surface area contributed by atoms with Crippen LogP contribution in [0.3, 0.4) is 0 Å². The number of hydrogen-bond donors (Lipinski definition) is 0. The van der Waals surface area contributed by atoms with Crippen molar-refractivity contribution in [2.75, 3.05) is 18.0 Å². The lowest BCUT2D eigenvalue weighted by atomic mass is 10.1. The van der Waals surface area contributed by atoms with Crippen LogP contribution in [0.5, 0.6) is 0 Å². The summed E-state index contributed by atoms with van der Waals surface area (Å²) in [5, 5.41) is 0. The lowest BCUT2D eigenvalue weighted by Gasteiger charge is -2.27. The zero-order valence-corrected chi connectivity index (χ0v) is 8.87. The Labute approximate surface area is 89.1 Å². The van der Waals surface area contributed by atoms with E-state index in [1.807, 2.05) is 6.20 Å². The van der Waals surface area contributed by atoms with E-state index in [0.29, 0.717) is 5.88 Å². The third kappa shape index (κ3) is 2.15. The largest absolute Gasteiger partial charge is 0.355 e. The highest BCUT2D eigenvalue weighted by Gasteiger charge is 2.11. The monoisotopic (exact) mass is 211 g/mol. The molecule has 1 saturated heterocycles. The molecule has 1 aliphatic rings. The normalized spacial score (nSPS) is 17.1. The maximum Gasteiger partial charge on any atom is 0.147 e. The molecular formula is C10H14ClN3. The minimum atomic E-state index is 0.438. The smallest absolute Gasteiger partial charge is 0.147 e. The molecule has 14 heavy (non-hydrogen) atoms. The van der Waals surface area contributed by atoms with Gasteiger partial charge in [0.2, 0.25) is 0 Å². The fourth-order valence-electron chi connectivity index (χ4n) is 1.70. The number of aromatic nitrogens is 2. The van der Waals surface area contributed by atoms with E-state index < -0.39 is 0 Å². The van der Waals surface area contributed by atoms with Crippen molar-refractivity contribution < 1.29 is 0 Å². The van der Waals surface area contributed by atoms with Crippen LogP contribution in [0.1, 0.15) is 25.0 Å². The summed E-state index contributed by atoms with van der Waals surface area (Å²) in [6, 6.07) is 0. The van der Waals surface area contributed by atoms with E-state index in [2.05, 4.69) is 14.9 Å². The molecule has 76 valence electrons. The number of nitrogens with zero attached hydrogens (tertiary/aromatic N) is 3. The lowest BCUT2D eigenvalue weighted by Crippen LogP contribution is -2.30. The molecule has 2 heterocycles. The highest BCUT2D eigenvalue weighted by atomic mass is 35.5. The van der Waals surface area contributed by atoms with Crippen molar-refractivity contribution >= 4 is 17.4 Å². The second-order valence-electron chi connectivity index (χ2n) is 3.55. The van der Waals surface area contributed by atoms with Gasteiger partial charge >= 0.3 is 0 Å². The van der Waals surface area contributed by atoms with Crippen LogP contribution in [0.2, 0.25) is 0 Å². The molecule has 1 aliphatic heterocycles. The second kappa shape index (κ2) is 4.60. The maximum absolute atomic E-state index is 5.65. The molecule has 0 saturated carbocycles. The van der Waals surface area contributed by atoms with E-state index in [0.717, 1.165) is 24.6 Å². The Morgan fingerprint density at radius 3 is 2.50 bits per heavy atom. The number of anilines is 1. The van der Waals surface area contributed by atoms with Gasteiger partial charge in [0.25, 0.3) is 0 Å². The van der Waals surface area contributed by atoms with E-state index in [4.69, 9.17) is 11.6 Å². The van der Waals surface area contributed by atoms with E-state index >= 15 is 0 Å². The fraction of sp³-hybridized carbons (Fsp3) is 0.600. The van der Waals surface area contributed by atoms with Gasteiger partial charge in [0, 0.05) is 13.1 Å². The Kier molecular flexibility index (Phi) is 3.19. The molecule has 0 amide bonds. The summed E-state index contributed by atoms with van der Waals surface area (Å²) >= 11 is 5.65. The van der Waals surface area contributed by atoms with Crippen LogP contribution in [0, 0.1) is 0 Å². The average Bonchev–Trinajstić information content (AvgIpc) is 2.30. The second-order valence-corrected chi connectivity index (χ2v) is 3.81. The highest BCUT2D eigenvalue weighted by molar-refractivity contribution is 6.16. The van der Waals surface area contributed by atoms with Crippen molar-refractivity contribution in [2.24, 2.45) is 0 Å². The molecule has 0 unspecified atom stereocenters. The first-order valence-electron chi connectivity index (χ1n) is 5.02. The van der Waals surface area contributed by atoms with Crippen LogP contribution in [0.25, 0.3) is 0 Å². The fourth-order valence-corrected chi connectivity index (χ4v) is 1.84. The molecule has 0 aliphatic carbocycles. The van der Waals surface area contributed by atoms with E-state index in [9.17, 15) is 0 Å². The summed E-state index contributed by atoms with van der Waals surface area (Å²) in [6.07, 6.45) is 7.45. The number of halogens is 1. The third-order valence-electron chi connectivity index (χ3n) is 2.51. The zero-order chi connectivity index (χ0) is 9.80. The summed E-state index contributed by atoms with van der Waals surface area (Å²) in [5.41, 5.74) is 0.840. The van der Waals surface area contributed by atoms with E-state index in [1.165, 1.54) is 19.3 Å². The standard InChI is InChI=1S/C10H14ClN3/c11-6-9-7-13-10(8-12-9)14-4-2-1-3-5-14/h7-8H,1-6H2. The quantitative estimate of drug-likeness (QED) is 0.703. The van der Waals surface area contributed by atoms with Crippen molar-refractivity contribution in [3.8, 4) is 0 Å². The van der Waals surface area contributed by atoms with Crippen molar-refractivity contribution in [1.29, 1.82) is 0 Å². The summed E-state index contributed by atoms with van der Waals surface area (Å²) in [7, 11) is 0. The van der Waals surface area contributed by atoms with Crippen molar-refractivity contribution in [2.45, 2.75) is 25.1 Å². The van der Waals surface area contributed by atoms with Crippen LogP contribution in [-0.2, 0) is 5.88 Å². The van der Waals surface area contributed by atoms with Gasteiger partial charge in [-0.1, -0.05) is 0 Å². The van der Waals surface area contributed by atoms with Gasteiger partial charge in [0.1, 0.15) is 5.82 Å². The predicted octanol–water partition coefficient (Wildman–Crippen LogP) is 2.21. The zero-order valence-electron chi connectivity index (χ0n) is 8.12. The van der Waals surface area contributed by atoms with Crippen LogP contribution in [0.4, 0.5) is 5.82 Å². The summed E-state index contributed by atoms with van der Waals surface area (Å²) < 4.78 is 0. The van der Waals surface area contributed by atoms with Crippen LogP contribution < -0.4 is 4.90 Å². The van der Waals surface area contributed by atoms with Crippen LogP contribution >= 0.6 is 11.6 Å². The molecule has 0 spiro atoms. The van der Waals surface area contributed by atoms with E-state index in [1.54, 1.807) is 6.20 Å². The Balaban J connectivity index is 2.07. The molecule has 0 bridgehead atoms. The molecule has 4 heteroatoms. The third-order valence-corrected chi connectivity index (χ3v) is 2.78. The molecular weight excluding hydrogens is 198 g/mol. The summed E-state index contributed by atoms with van der Waals surface area (Å²) in [4.78, 5) is 10.9. The Hall–Kier alpha value is -0.830.